The van der Waals surface area contributed by atoms with Crippen LogP contribution >= 0.6 is 0 Å². The third kappa shape index (κ3) is 2.94. The molecular formula is C17H18N2O3. The maximum Gasteiger partial charge on any atom is 0.255 e. The molecule has 1 heterocycles. The zero-order valence-corrected chi connectivity index (χ0v) is 12.2. The van der Waals surface area contributed by atoms with Gasteiger partial charge in [-0.05, 0) is 31.0 Å². The van der Waals surface area contributed by atoms with Gasteiger partial charge in [0.2, 0.25) is 0 Å². The van der Waals surface area contributed by atoms with Crippen molar-refractivity contribution < 1.29 is 9.90 Å². The molecule has 1 saturated carbocycles. The van der Waals surface area contributed by atoms with E-state index in [1.807, 2.05) is 30.3 Å². The molecule has 0 aliphatic heterocycles. The van der Waals surface area contributed by atoms with Gasteiger partial charge in [0.1, 0.15) is 0 Å². The van der Waals surface area contributed by atoms with Crippen molar-refractivity contribution >= 4 is 5.91 Å². The first-order valence-corrected chi connectivity index (χ1v) is 7.31. The summed E-state index contributed by atoms with van der Waals surface area (Å²) >= 11 is 0. The van der Waals surface area contributed by atoms with Crippen LogP contribution in [0.15, 0.2) is 53.5 Å². The van der Waals surface area contributed by atoms with Gasteiger partial charge in [-0.1, -0.05) is 18.2 Å². The van der Waals surface area contributed by atoms with Crippen LogP contribution in [0.2, 0.25) is 0 Å². The van der Waals surface area contributed by atoms with Gasteiger partial charge in [0.25, 0.3) is 11.5 Å². The highest BCUT2D eigenvalue weighted by Gasteiger charge is 2.42. The third-order valence-corrected chi connectivity index (χ3v) is 4.12. The molecule has 2 aromatic rings. The Morgan fingerprint density at radius 3 is 2.55 bits per heavy atom. The van der Waals surface area contributed by atoms with Crippen molar-refractivity contribution in [1.29, 1.82) is 0 Å². The van der Waals surface area contributed by atoms with Gasteiger partial charge in [-0.15, -0.1) is 0 Å². The van der Waals surface area contributed by atoms with Crippen molar-refractivity contribution in [2.75, 3.05) is 13.2 Å². The van der Waals surface area contributed by atoms with E-state index in [0.29, 0.717) is 12.1 Å². The largest absolute Gasteiger partial charge is 0.396 e. The van der Waals surface area contributed by atoms with Crippen LogP contribution in [0.3, 0.4) is 0 Å². The van der Waals surface area contributed by atoms with Crippen LogP contribution in [0.25, 0.3) is 5.69 Å². The summed E-state index contributed by atoms with van der Waals surface area (Å²) in [7, 11) is 0. The molecule has 1 aliphatic carbocycles. The first kappa shape index (κ1) is 14.5. The summed E-state index contributed by atoms with van der Waals surface area (Å²) in [6.07, 6.45) is 3.42. The molecule has 1 aromatic carbocycles. The lowest BCUT2D eigenvalue weighted by Gasteiger charge is -2.13. The van der Waals surface area contributed by atoms with Gasteiger partial charge in [-0.2, -0.15) is 0 Å². The van der Waals surface area contributed by atoms with E-state index in [0.717, 1.165) is 18.5 Å². The fourth-order valence-corrected chi connectivity index (χ4v) is 2.35. The molecular weight excluding hydrogens is 280 g/mol. The van der Waals surface area contributed by atoms with Crippen LogP contribution in [0.5, 0.6) is 0 Å². The van der Waals surface area contributed by atoms with Crippen LogP contribution in [0.1, 0.15) is 23.2 Å². The lowest BCUT2D eigenvalue weighted by molar-refractivity contribution is 0.0934. The van der Waals surface area contributed by atoms with E-state index in [-0.39, 0.29) is 23.5 Å². The monoisotopic (exact) mass is 298 g/mol. The topological polar surface area (TPSA) is 71.3 Å². The molecule has 0 radical (unpaired) electrons. The Morgan fingerprint density at radius 1 is 1.18 bits per heavy atom. The van der Waals surface area contributed by atoms with E-state index in [4.69, 9.17) is 0 Å². The van der Waals surface area contributed by atoms with E-state index >= 15 is 0 Å². The second-order valence-corrected chi connectivity index (χ2v) is 5.80. The molecule has 114 valence electrons. The maximum absolute atomic E-state index is 12.2. The summed E-state index contributed by atoms with van der Waals surface area (Å²) in [6, 6.07) is 12.1. The summed E-state index contributed by atoms with van der Waals surface area (Å²) in [5.74, 6) is -0.232. The number of hydrogen-bond donors (Lipinski definition) is 2. The number of carbonyl (C=O) groups excluding carboxylic acids is 1. The second kappa shape index (κ2) is 5.77. The standard InChI is InChI=1S/C17H18N2O3/c20-12-17(8-9-17)11-18-16(22)13-6-7-15(21)19(10-13)14-4-2-1-3-5-14/h1-7,10,20H,8-9,11-12H2,(H,18,22). The number of para-hydroxylation sites is 1. The van der Waals surface area contributed by atoms with Crippen LogP contribution in [0.4, 0.5) is 0 Å². The molecule has 2 N–H and O–H groups in total. The van der Waals surface area contributed by atoms with Crippen LogP contribution in [-0.4, -0.2) is 28.7 Å². The van der Waals surface area contributed by atoms with Crippen molar-refractivity contribution in [3.05, 3.63) is 64.6 Å². The Balaban J connectivity index is 1.80. The van der Waals surface area contributed by atoms with E-state index in [1.165, 1.54) is 16.7 Å². The summed E-state index contributed by atoms with van der Waals surface area (Å²) in [5, 5.41) is 12.1. The average molecular weight is 298 g/mol. The van der Waals surface area contributed by atoms with Crippen molar-refractivity contribution in [3.8, 4) is 5.69 Å². The number of benzene rings is 1. The number of pyridine rings is 1. The Labute approximate surface area is 128 Å². The first-order valence-electron chi connectivity index (χ1n) is 7.31. The number of rotatable bonds is 5. The van der Waals surface area contributed by atoms with Crippen molar-refractivity contribution in [3.63, 3.8) is 0 Å². The van der Waals surface area contributed by atoms with Gasteiger partial charge >= 0.3 is 0 Å². The van der Waals surface area contributed by atoms with Gasteiger partial charge in [-0.25, -0.2) is 0 Å². The van der Waals surface area contributed by atoms with Gasteiger partial charge in [0.05, 0.1) is 12.2 Å². The number of hydrogen-bond acceptors (Lipinski definition) is 3. The number of nitrogens with zero attached hydrogens (tertiary/aromatic N) is 1. The molecule has 1 aliphatic rings. The Bertz CT molecular complexity index is 733. The van der Waals surface area contributed by atoms with E-state index in [1.54, 1.807) is 6.20 Å². The maximum atomic E-state index is 12.2. The molecule has 0 unspecified atom stereocenters. The number of aliphatic hydroxyl groups is 1. The van der Waals surface area contributed by atoms with Crippen LogP contribution in [-0.2, 0) is 0 Å². The molecule has 1 fully saturated rings. The lowest BCUT2D eigenvalue weighted by Crippen LogP contribution is -2.32. The molecule has 0 saturated heterocycles. The summed E-state index contributed by atoms with van der Waals surface area (Å²) < 4.78 is 1.45. The minimum atomic E-state index is -0.232. The predicted molar refractivity (Wildman–Crippen MR) is 83.1 cm³/mol. The average Bonchev–Trinajstić information content (AvgIpc) is 3.34. The minimum absolute atomic E-state index is 0.0940. The van der Waals surface area contributed by atoms with E-state index in [9.17, 15) is 14.7 Å². The quantitative estimate of drug-likeness (QED) is 0.875. The predicted octanol–water partition coefficient (Wildman–Crippen LogP) is 1.34. The second-order valence-electron chi connectivity index (χ2n) is 5.80. The molecule has 1 aromatic heterocycles. The molecule has 0 spiro atoms. The van der Waals surface area contributed by atoms with Crippen LogP contribution in [0, 0.1) is 5.41 Å². The van der Waals surface area contributed by atoms with E-state index in [2.05, 4.69) is 5.32 Å². The summed E-state index contributed by atoms with van der Waals surface area (Å²) in [6.45, 7) is 0.559. The van der Waals surface area contributed by atoms with Gasteiger partial charge in [0.15, 0.2) is 0 Å². The molecule has 5 heteroatoms. The Hall–Kier alpha value is -2.40. The number of aliphatic hydroxyl groups excluding tert-OH is 1. The van der Waals surface area contributed by atoms with Gasteiger partial charge in [0, 0.05) is 29.9 Å². The fraction of sp³-hybridized carbons (Fsp3) is 0.294. The highest BCUT2D eigenvalue weighted by molar-refractivity contribution is 5.94. The molecule has 3 rings (SSSR count). The number of aromatic nitrogens is 1. The first-order chi connectivity index (χ1) is 10.6. The van der Waals surface area contributed by atoms with Crippen molar-refractivity contribution in [2.45, 2.75) is 12.8 Å². The molecule has 22 heavy (non-hydrogen) atoms. The fourth-order valence-electron chi connectivity index (χ4n) is 2.35. The third-order valence-electron chi connectivity index (χ3n) is 4.12. The number of nitrogens with one attached hydrogen (secondary N) is 1. The zero-order valence-electron chi connectivity index (χ0n) is 12.2. The molecule has 5 nitrogen and oxygen atoms in total. The summed E-state index contributed by atoms with van der Waals surface area (Å²) in [4.78, 5) is 24.2. The van der Waals surface area contributed by atoms with Gasteiger partial charge < -0.3 is 10.4 Å². The smallest absolute Gasteiger partial charge is 0.255 e. The molecule has 0 bridgehead atoms. The highest BCUT2D eigenvalue weighted by Crippen LogP contribution is 2.44. The van der Waals surface area contributed by atoms with Gasteiger partial charge in [-0.3, -0.25) is 14.2 Å². The lowest BCUT2D eigenvalue weighted by atomic mass is 10.1. The minimum Gasteiger partial charge on any atom is -0.396 e. The highest BCUT2D eigenvalue weighted by atomic mass is 16.3. The Morgan fingerprint density at radius 2 is 1.91 bits per heavy atom. The van der Waals surface area contributed by atoms with Crippen molar-refractivity contribution in [1.82, 2.24) is 9.88 Å². The molecule has 0 atom stereocenters. The zero-order chi connectivity index (χ0) is 15.6. The number of amides is 1. The SMILES string of the molecule is O=C(NCC1(CO)CC1)c1ccc(=O)n(-c2ccccc2)c1. The van der Waals surface area contributed by atoms with E-state index < -0.39 is 0 Å². The Kier molecular flexibility index (Phi) is 3.81. The number of carbonyl (C=O) groups is 1. The van der Waals surface area contributed by atoms with Crippen LogP contribution < -0.4 is 10.9 Å². The molecule has 1 amide bonds. The van der Waals surface area contributed by atoms with Crippen molar-refractivity contribution in [2.24, 2.45) is 5.41 Å². The summed E-state index contributed by atoms with van der Waals surface area (Å²) in [5.41, 5.74) is 0.828. The normalized spacial score (nSPS) is 15.3.